The summed E-state index contributed by atoms with van der Waals surface area (Å²) >= 11 is 1.44. The molecule has 126 valence electrons. The van der Waals surface area contributed by atoms with Crippen molar-refractivity contribution in [3.05, 3.63) is 51.0 Å². The van der Waals surface area contributed by atoms with Crippen LogP contribution in [0.5, 0.6) is 0 Å². The number of anilines is 1. The van der Waals surface area contributed by atoms with Gasteiger partial charge in [0, 0.05) is 10.6 Å². The van der Waals surface area contributed by atoms with Crippen LogP contribution < -0.4 is 5.32 Å². The summed E-state index contributed by atoms with van der Waals surface area (Å²) in [5.74, 6) is -1.38. The Morgan fingerprint density at radius 2 is 2.08 bits per heavy atom. The molecule has 6 heteroatoms. The highest BCUT2D eigenvalue weighted by Gasteiger charge is 2.23. The largest absolute Gasteiger partial charge is 0.448 e. The molecule has 0 radical (unpaired) electrons. The van der Waals surface area contributed by atoms with Crippen molar-refractivity contribution in [1.82, 2.24) is 0 Å². The summed E-state index contributed by atoms with van der Waals surface area (Å²) in [7, 11) is 0. The van der Waals surface area contributed by atoms with Crippen LogP contribution in [-0.4, -0.2) is 18.0 Å². The first-order chi connectivity index (χ1) is 11.4. The maximum absolute atomic E-state index is 13.5. The van der Waals surface area contributed by atoms with E-state index < -0.39 is 23.8 Å². The fraction of sp³-hybridized carbons (Fsp3) is 0.333. The Morgan fingerprint density at radius 1 is 1.29 bits per heavy atom. The van der Waals surface area contributed by atoms with E-state index in [9.17, 15) is 14.0 Å². The molecule has 0 unspecified atom stereocenters. The van der Waals surface area contributed by atoms with Gasteiger partial charge in [0.05, 0.1) is 0 Å². The number of thiophene rings is 1. The summed E-state index contributed by atoms with van der Waals surface area (Å²) in [4.78, 5) is 26.0. The first-order valence-corrected chi connectivity index (χ1v) is 8.65. The smallest absolute Gasteiger partial charge is 0.349 e. The number of benzene rings is 1. The van der Waals surface area contributed by atoms with Crippen molar-refractivity contribution in [3.8, 4) is 0 Å². The molecule has 0 saturated heterocycles. The van der Waals surface area contributed by atoms with Gasteiger partial charge in [-0.25, -0.2) is 9.18 Å². The van der Waals surface area contributed by atoms with Gasteiger partial charge in [0.2, 0.25) is 0 Å². The molecule has 1 atom stereocenters. The minimum Gasteiger partial charge on any atom is -0.448 e. The predicted octanol–water partition coefficient (Wildman–Crippen LogP) is 3.87. The summed E-state index contributed by atoms with van der Waals surface area (Å²) in [6.45, 7) is 3.14. The maximum Gasteiger partial charge on any atom is 0.349 e. The molecular weight excluding hydrogens is 329 g/mol. The minimum atomic E-state index is -0.959. The molecule has 1 heterocycles. The normalized spacial score (nSPS) is 14.1. The third-order valence-corrected chi connectivity index (χ3v) is 5.26. The second kappa shape index (κ2) is 6.73. The van der Waals surface area contributed by atoms with Crippen molar-refractivity contribution in [2.45, 2.75) is 39.2 Å². The molecule has 1 aliphatic rings. The molecule has 24 heavy (non-hydrogen) atoms. The van der Waals surface area contributed by atoms with Crippen LogP contribution in [0.4, 0.5) is 10.1 Å². The highest BCUT2D eigenvalue weighted by Crippen LogP contribution is 2.31. The minimum absolute atomic E-state index is 0.334. The van der Waals surface area contributed by atoms with E-state index in [1.807, 2.05) is 6.07 Å². The van der Waals surface area contributed by atoms with Crippen LogP contribution in [-0.2, 0) is 22.4 Å². The SMILES string of the molecule is Cc1ccc(NC(=O)[C@@H](C)OC(=O)c2cc3c(s2)CCC3)cc1F. The topological polar surface area (TPSA) is 55.4 Å². The fourth-order valence-electron chi connectivity index (χ4n) is 2.62. The first-order valence-electron chi connectivity index (χ1n) is 7.83. The Kier molecular flexibility index (Phi) is 4.66. The second-order valence-corrected chi connectivity index (χ2v) is 7.05. The number of ether oxygens (including phenoxy) is 1. The zero-order valence-electron chi connectivity index (χ0n) is 13.5. The molecule has 3 rings (SSSR count). The molecule has 4 nitrogen and oxygen atoms in total. The maximum atomic E-state index is 13.5. The van der Waals surface area contributed by atoms with Gasteiger partial charge in [0.15, 0.2) is 6.10 Å². The number of rotatable bonds is 4. The molecule has 1 aromatic carbocycles. The molecule has 0 bridgehead atoms. The molecule has 0 aliphatic heterocycles. The van der Waals surface area contributed by atoms with E-state index in [0.717, 1.165) is 19.3 Å². The Labute approximate surface area is 143 Å². The third kappa shape index (κ3) is 3.48. The molecule has 0 fully saturated rings. The number of hydrogen-bond acceptors (Lipinski definition) is 4. The van der Waals surface area contributed by atoms with Gasteiger partial charge in [0.1, 0.15) is 10.7 Å². The van der Waals surface area contributed by atoms with E-state index in [4.69, 9.17) is 4.74 Å². The highest BCUT2D eigenvalue weighted by atomic mass is 32.1. The Hall–Kier alpha value is -2.21. The van der Waals surface area contributed by atoms with Gasteiger partial charge in [-0.1, -0.05) is 6.07 Å². The molecule has 0 saturated carbocycles. The standard InChI is InChI=1S/C18H18FNO3S/c1-10-6-7-13(9-14(10)19)20-17(21)11(2)23-18(22)16-8-12-4-3-5-15(12)24-16/h6-9,11H,3-5H2,1-2H3,(H,20,21)/t11-/m1/s1. The number of fused-ring (bicyclic) bond motifs is 1. The van der Waals surface area contributed by atoms with Crippen LogP contribution in [0.1, 0.15) is 39.0 Å². The summed E-state index contributed by atoms with van der Waals surface area (Å²) in [5.41, 5.74) is 2.04. The number of halogens is 1. The van der Waals surface area contributed by atoms with E-state index in [0.29, 0.717) is 16.1 Å². The molecule has 2 aromatic rings. The number of aryl methyl sites for hydroxylation is 3. The fourth-order valence-corrected chi connectivity index (χ4v) is 3.75. The Balaban J connectivity index is 1.60. The average Bonchev–Trinajstić information content (AvgIpc) is 3.12. The van der Waals surface area contributed by atoms with Gasteiger partial charge in [-0.3, -0.25) is 4.79 Å². The van der Waals surface area contributed by atoms with Gasteiger partial charge in [0.25, 0.3) is 5.91 Å². The third-order valence-electron chi connectivity index (χ3n) is 4.04. The van der Waals surface area contributed by atoms with Gasteiger partial charge < -0.3 is 10.1 Å². The predicted molar refractivity (Wildman–Crippen MR) is 91.0 cm³/mol. The monoisotopic (exact) mass is 347 g/mol. The summed E-state index contributed by atoms with van der Waals surface area (Å²) in [6.07, 6.45) is 2.16. The van der Waals surface area contributed by atoms with Crippen LogP contribution in [0, 0.1) is 12.7 Å². The molecule has 1 aliphatic carbocycles. The van der Waals surface area contributed by atoms with Crippen molar-refractivity contribution in [2.24, 2.45) is 0 Å². The van der Waals surface area contributed by atoms with Gasteiger partial charge in [-0.2, -0.15) is 0 Å². The second-order valence-electron chi connectivity index (χ2n) is 5.91. The van der Waals surface area contributed by atoms with Gasteiger partial charge in [-0.05, 0) is 62.4 Å². The number of esters is 1. The Bertz CT molecular complexity index is 778. The van der Waals surface area contributed by atoms with Crippen molar-refractivity contribution in [2.75, 3.05) is 5.32 Å². The number of hydrogen-bond donors (Lipinski definition) is 1. The van der Waals surface area contributed by atoms with E-state index in [1.54, 1.807) is 19.1 Å². The summed E-state index contributed by atoms with van der Waals surface area (Å²) < 4.78 is 18.7. The quantitative estimate of drug-likeness (QED) is 0.854. The van der Waals surface area contributed by atoms with Crippen molar-refractivity contribution < 1.29 is 18.7 Å². The number of nitrogens with one attached hydrogen (secondary N) is 1. The van der Waals surface area contributed by atoms with Crippen molar-refractivity contribution in [1.29, 1.82) is 0 Å². The zero-order valence-corrected chi connectivity index (χ0v) is 14.3. The van der Waals surface area contributed by atoms with Gasteiger partial charge >= 0.3 is 5.97 Å². The highest BCUT2D eigenvalue weighted by molar-refractivity contribution is 7.14. The van der Waals surface area contributed by atoms with Crippen molar-refractivity contribution >= 4 is 28.9 Å². The molecule has 0 spiro atoms. The average molecular weight is 347 g/mol. The number of amides is 1. The molecular formula is C18H18FNO3S. The van der Waals surface area contributed by atoms with Crippen molar-refractivity contribution in [3.63, 3.8) is 0 Å². The zero-order chi connectivity index (χ0) is 17.3. The van der Waals surface area contributed by atoms with Crippen LogP contribution in [0.15, 0.2) is 24.3 Å². The lowest BCUT2D eigenvalue weighted by Gasteiger charge is -2.13. The van der Waals surface area contributed by atoms with Gasteiger partial charge in [-0.15, -0.1) is 11.3 Å². The summed E-state index contributed by atoms with van der Waals surface area (Å²) in [5, 5.41) is 2.55. The lowest BCUT2D eigenvalue weighted by molar-refractivity contribution is -0.123. The van der Waals surface area contributed by atoms with Crippen LogP contribution in [0.2, 0.25) is 0 Å². The first kappa shape index (κ1) is 16.6. The number of carbonyl (C=O) groups is 2. The molecule has 1 N–H and O–H groups in total. The lowest BCUT2D eigenvalue weighted by Crippen LogP contribution is -2.29. The van der Waals surface area contributed by atoms with Crippen LogP contribution in [0.3, 0.4) is 0 Å². The van der Waals surface area contributed by atoms with E-state index in [2.05, 4.69) is 5.32 Å². The summed E-state index contributed by atoms with van der Waals surface area (Å²) in [6, 6.07) is 6.28. The van der Waals surface area contributed by atoms with E-state index in [-0.39, 0.29) is 0 Å². The molecule has 1 amide bonds. The molecule has 1 aromatic heterocycles. The van der Waals surface area contributed by atoms with E-state index in [1.165, 1.54) is 34.8 Å². The number of carbonyl (C=O) groups excluding carboxylic acids is 2. The Morgan fingerprint density at radius 3 is 2.79 bits per heavy atom. The lowest BCUT2D eigenvalue weighted by atomic mass is 10.2. The van der Waals surface area contributed by atoms with E-state index >= 15 is 0 Å². The van der Waals surface area contributed by atoms with Crippen LogP contribution >= 0.6 is 11.3 Å². The van der Waals surface area contributed by atoms with Crippen LogP contribution in [0.25, 0.3) is 0 Å².